The van der Waals surface area contributed by atoms with Gasteiger partial charge in [0.25, 0.3) is 5.91 Å². The molecule has 0 bridgehead atoms. The van der Waals surface area contributed by atoms with E-state index in [1.54, 1.807) is 30.9 Å². The fourth-order valence-corrected chi connectivity index (χ4v) is 4.23. The van der Waals surface area contributed by atoms with Crippen molar-refractivity contribution < 1.29 is 13.2 Å². The maximum absolute atomic E-state index is 12.4. The Hall–Kier alpha value is -1.44. The molecule has 0 spiro atoms. The van der Waals surface area contributed by atoms with E-state index in [0.717, 1.165) is 12.8 Å². The van der Waals surface area contributed by atoms with Crippen LogP contribution >= 0.6 is 0 Å². The Labute approximate surface area is 138 Å². The molecule has 1 aromatic carbocycles. The highest BCUT2D eigenvalue weighted by atomic mass is 32.2. The van der Waals surface area contributed by atoms with Crippen molar-refractivity contribution >= 4 is 15.9 Å². The molecule has 2 N–H and O–H groups in total. The Morgan fingerprint density at radius 1 is 1.17 bits per heavy atom. The first-order valence-electron chi connectivity index (χ1n) is 8.05. The molecular weight excluding hydrogens is 314 g/mol. The zero-order valence-electron chi connectivity index (χ0n) is 13.7. The summed E-state index contributed by atoms with van der Waals surface area (Å²) < 4.78 is 26.3. The summed E-state index contributed by atoms with van der Waals surface area (Å²) in [5, 5.41) is 0. The predicted molar refractivity (Wildman–Crippen MR) is 89.7 cm³/mol. The van der Waals surface area contributed by atoms with Crippen molar-refractivity contribution in [3.63, 3.8) is 0 Å². The molecule has 0 atom stereocenters. The lowest BCUT2D eigenvalue weighted by atomic mass is 10.1. The number of hydrogen-bond acceptors (Lipinski definition) is 4. The molecule has 0 radical (unpaired) electrons. The minimum absolute atomic E-state index is 0.0660. The summed E-state index contributed by atoms with van der Waals surface area (Å²) in [5.41, 5.74) is 6.36. The molecule has 1 saturated heterocycles. The molecule has 0 aliphatic carbocycles. The van der Waals surface area contributed by atoms with Gasteiger partial charge in [-0.3, -0.25) is 4.79 Å². The SMILES string of the molecule is CCN(CC)S(=O)(=O)c1ccc(C(=O)N2CCC(N)CC2)cc1. The second-order valence-corrected chi connectivity index (χ2v) is 7.68. The first-order chi connectivity index (χ1) is 10.9. The van der Waals surface area contributed by atoms with Crippen LogP contribution < -0.4 is 5.73 Å². The van der Waals surface area contributed by atoms with Crippen molar-refractivity contribution in [2.24, 2.45) is 5.73 Å². The van der Waals surface area contributed by atoms with Crippen molar-refractivity contribution in [2.75, 3.05) is 26.2 Å². The van der Waals surface area contributed by atoms with E-state index in [0.29, 0.717) is 31.7 Å². The van der Waals surface area contributed by atoms with Gasteiger partial charge in [0.2, 0.25) is 10.0 Å². The Bertz CT molecular complexity index is 631. The minimum atomic E-state index is -3.48. The molecule has 1 heterocycles. The first kappa shape index (κ1) is 17.9. The largest absolute Gasteiger partial charge is 0.339 e. The van der Waals surface area contributed by atoms with Gasteiger partial charge in [-0.15, -0.1) is 0 Å². The summed E-state index contributed by atoms with van der Waals surface area (Å²) in [5.74, 6) is -0.0660. The summed E-state index contributed by atoms with van der Waals surface area (Å²) >= 11 is 0. The topological polar surface area (TPSA) is 83.7 Å². The van der Waals surface area contributed by atoms with Gasteiger partial charge in [-0.2, -0.15) is 4.31 Å². The number of nitrogens with two attached hydrogens (primary N) is 1. The quantitative estimate of drug-likeness (QED) is 0.876. The third-order valence-corrected chi connectivity index (χ3v) is 6.34. The highest BCUT2D eigenvalue weighted by Crippen LogP contribution is 2.18. The summed E-state index contributed by atoms with van der Waals surface area (Å²) in [6.07, 6.45) is 1.61. The van der Waals surface area contributed by atoms with E-state index < -0.39 is 10.0 Å². The van der Waals surface area contributed by atoms with Gasteiger partial charge in [-0.25, -0.2) is 8.42 Å². The number of sulfonamides is 1. The van der Waals surface area contributed by atoms with Crippen LogP contribution in [0.15, 0.2) is 29.2 Å². The van der Waals surface area contributed by atoms with E-state index in [1.165, 1.54) is 16.4 Å². The number of likely N-dealkylation sites (tertiary alicyclic amines) is 1. The van der Waals surface area contributed by atoms with Gasteiger partial charge in [-0.05, 0) is 37.1 Å². The van der Waals surface area contributed by atoms with Crippen molar-refractivity contribution in [1.82, 2.24) is 9.21 Å². The Morgan fingerprint density at radius 3 is 2.17 bits per heavy atom. The van der Waals surface area contributed by atoms with E-state index in [9.17, 15) is 13.2 Å². The number of nitrogens with zero attached hydrogens (tertiary/aromatic N) is 2. The monoisotopic (exact) mass is 339 g/mol. The third kappa shape index (κ3) is 3.91. The van der Waals surface area contributed by atoms with E-state index in [4.69, 9.17) is 5.73 Å². The maximum atomic E-state index is 12.4. The van der Waals surface area contributed by atoms with E-state index in [1.807, 2.05) is 0 Å². The minimum Gasteiger partial charge on any atom is -0.339 e. The van der Waals surface area contributed by atoms with Crippen molar-refractivity contribution in [2.45, 2.75) is 37.6 Å². The number of piperidine rings is 1. The zero-order chi connectivity index (χ0) is 17.0. The fraction of sp³-hybridized carbons (Fsp3) is 0.562. The van der Waals surface area contributed by atoms with Crippen molar-refractivity contribution in [3.8, 4) is 0 Å². The van der Waals surface area contributed by atoms with Crippen molar-refractivity contribution in [3.05, 3.63) is 29.8 Å². The number of amides is 1. The zero-order valence-corrected chi connectivity index (χ0v) is 14.6. The number of benzene rings is 1. The van der Waals surface area contributed by atoms with Crippen LogP contribution in [0.25, 0.3) is 0 Å². The average molecular weight is 339 g/mol. The molecule has 0 saturated carbocycles. The first-order valence-corrected chi connectivity index (χ1v) is 9.49. The van der Waals surface area contributed by atoms with Crippen LogP contribution in [0, 0.1) is 0 Å². The fourth-order valence-electron chi connectivity index (χ4n) is 2.77. The smallest absolute Gasteiger partial charge is 0.253 e. The van der Waals surface area contributed by atoms with Gasteiger partial charge in [0.15, 0.2) is 0 Å². The summed E-state index contributed by atoms with van der Waals surface area (Å²) in [6, 6.07) is 6.37. The molecule has 1 aliphatic rings. The summed E-state index contributed by atoms with van der Waals surface area (Å²) in [7, 11) is -3.48. The Balaban J connectivity index is 2.15. The third-order valence-electron chi connectivity index (χ3n) is 4.27. The second-order valence-electron chi connectivity index (χ2n) is 5.74. The van der Waals surface area contributed by atoms with Crippen LogP contribution in [0.1, 0.15) is 37.0 Å². The summed E-state index contributed by atoms with van der Waals surface area (Å²) in [6.45, 7) is 5.76. The molecule has 1 aliphatic heterocycles. The van der Waals surface area contributed by atoms with Gasteiger partial charge in [-0.1, -0.05) is 13.8 Å². The van der Waals surface area contributed by atoms with Crippen LogP contribution in [0.5, 0.6) is 0 Å². The van der Waals surface area contributed by atoms with Crippen LogP contribution in [0.3, 0.4) is 0 Å². The normalized spacial score (nSPS) is 16.8. The number of carbonyl (C=O) groups excluding carboxylic acids is 1. The summed E-state index contributed by atoms with van der Waals surface area (Å²) in [4.78, 5) is 14.4. The van der Waals surface area contributed by atoms with Crippen LogP contribution in [0.4, 0.5) is 0 Å². The molecule has 128 valence electrons. The predicted octanol–water partition coefficient (Wildman–Crippen LogP) is 1.28. The van der Waals surface area contributed by atoms with E-state index >= 15 is 0 Å². The lowest BCUT2D eigenvalue weighted by Gasteiger charge is -2.30. The van der Waals surface area contributed by atoms with Gasteiger partial charge in [0.05, 0.1) is 4.90 Å². The second kappa shape index (κ2) is 7.42. The molecular formula is C16H25N3O3S. The molecule has 1 fully saturated rings. The lowest BCUT2D eigenvalue weighted by Crippen LogP contribution is -2.42. The number of rotatable bonds is 5. The molecule has 1 amide bonds. The van der Waals surface area contributed by atoms with Gasteiger partial charge in [0, 0.05) is 37.8 Å². The molecule has 2 rings (SSSR count). The van der Waals surface area contributed by atoms with Crippen LogP contribution in [-0.2, 0) is 10.0 Å². The van der Waals surface area contributed by atoms with Gasteiger partial charge < -0.3 is 10.6 Å². The molecule has 7 heteroatoms. The van der Waals surface area contributed by atoms with Crippen LogP contribution in [0.2, 0.25) is 0 Å². The highest BCUT2D eigenvalue weighted by molar-refractivity contribution is 7.89. The highest BCUT2D eigenvalue weighted by Gasteiger charge is 2.24. The molecule has 23 heavy (non-hydrogen) atoms. The Morgan fingerprint density at radius 2 is 1.70 bits per heavy atom. The standard InChI is InChI=1S/C16H25N3O3S/c1-3-19(4-2)23(21,22)15-7-5-13(6-8-15)16(20)18-11-9-14(17)10-12-18/h5-8,14H,3-4,9-12,17H2,1-2H3. The molecule has 6 nitrogen and oxygen atoms in total. The lowest BCUT2D eigenvalue weighted by molar-refractivity contribution is 0.0714. The average Bonchev–Trinajstić information content (AvgIpc) is 2.56. The Kier molecular flexibility index (Phi) is 5.78. The van der Waals surface area contributed by atoms with Crippen molar-refractivity contribution in [1.29, 1.82) is 0 Å². The number of hydrogen-bond donors (Lipinski definition) is 1. The van der Waals surface area contributed by atoms with Gasteiger partial charge >= 0.3 is 0 Å². The van der Waals surface area contributed by atoms with Gasteiger partial charge in [0.1, 0.15) is 0 Å². The van der Waals surface area contributed by atoms with Crippen LogP contribution in [-0.4, -0.2) is 55.8 Å². The molecule has 0 aromatic heterocycles. The number of carbonyl (C=O) groups is 1. The van der Waals surface area contributed by atoms with E-state index in [-0.39, 0.29) is 16.8 Å². The van der Waals surface area contributed by atoms with E-state index in [2.05, 4.69) is 0 Å². The molecule has 1 aromatic rings. The molecule has 0 unspecified atom stereocenters. The maximum Gasteiger partial charge on any atom is 0.253 e.